The summed E-state index contributed by atoms with van der Waals surface area (Å²) in [4.78, 5) is 16.5. The Morgan fingerprint density at radius 2 is 1.93 bits per heavy atom. The standard InChI is InChI=1S/C17H18F4N4OS/c1-9-13(11-7-17(20,21)8-11)24-25(15-22-2-3-27-15)14(9)23-12(26)4-10-5-16(18,19)6-10/h2-3,10-11H,4-8H2,1H3,(H,23,26). The number of amides is 1. The van der Waals surface area contributed by atoms with Crippen molar-refractivity contribution in [1.29, 1.82) is 0 Å². The van der Waals surface area contributed by atoms with Crippen molar-refractivity contribution in [1.82, 2.24) is 14.8 Å². The monoisotopic (exact) mass is 402 g/mol. The molecule has 0 aromatic carbocycles. The lowest BCUT2D eigenvalue weighted by molar-refractivity contribution is -0.129. The molecule has 2 saturated carbocycles. The normalized spacial score (nSPS) is 21.5. The minimum Gasteiger partial charge on any atom is -0.310 e. The van der Waals surface area contributed by atoms with Gasteiger partial charge in [-0.05, 0) is 12.8 Å². The van der Waals surface area contributed by atoms with Crippen LogP contribution in [0, 0.1) is 12.8 Å². The van der Waals surface area contributed by atoms with Crippen LogP contribution in [0.25, 0.3) is 5.13 Å². The summed E-state index contributed by atoms with van der Waals surface area (Å²) in [6.45, 7) is 1.72. The highest BCUT2D eigenvalue weighted by Crippen LogP contribution is 2.49. The molecule has 10 heteroatoms. The fourth-order valence-corrected chi connectivity index (χ4v) is 4.33. The molecule has 2 fully saturated rings. The van der Waals surface area contributed by atoms with Crippen LogP contribution in [0.2, 0.25) is 0 Å². The number of hydrogen-bond donors (Lipinski definition) is 1. The molecular weight excluding hydrogens is 384 g/mol. The van der Waals surface area contributed by atoms with Crippen LogP contribution < -0.4 is 5.32 Å². The van der Waals surface area contributed by atoms with Gasteiger partial charge in [-0.15, -0.1) is 11.3 Å². The number of aromatic nitrogens is 3. The van der Waals surface area contributed by atoms with Crippen LogP contribution in [0.15, 0.2) is 11.6 Å². The Hall–Kier alpha value is -1.97. The van der Waals surface area contributed by atoms with E-state index in [4.69, 9.17) is 0 Å². The van der Waals surface area contributed by atoms with Crippen molar-refractivity contribution in [3.63, 3.8) is 0 Å². The predicted molar refractivity (Wildman–Crippen MR) is 91.8 cm³/mol. The largest absolute Gasteiger partial charge is 0.310 e. The summed E-state index contributed by atoms with van der Waals surface area (Å²) < 4.78 is 53.9. The maximum Gasteiger partial charge on any atom is 0.249 e. The van der Waals surface area contributed by atoms with E-state index in [1.54, 1.807) is 18.5 Å². The molecule has 27 heavy (non-hydrogen) atoms. The van der Waals surface area contributed by atoms with Crippen molar-refractivity contribution < 1.29 is 22.4 Å². The molecule has 2 heterocycles. The van der Waals surface area contributed by atoms with Gasteiger partial charge in [0.1, 0.15) is 5.82 Å². The van der Waals surface area contributed by atoms with Crippen LogP contribution in [0.4, 0.5) is 23.4 Å². The fraction of sp³-hybridized carbons (Fsp3) is 0.588. The number of alkyl halides is 4. The number of anilines is 1. The second-order valence-corrected chi connectivity index (χ2v) is 8.30. The molecule has 0 saturated heterocycles. The number of thiazole rings is 1. The fourth-order valence-electron chi connectivity index (χ4n) is 3.74. The van der Waals surface area contributed by atoms with E-state index >= 15 is 0 Å². The van der Waals surface area contributed by atoms with Gasteiger partial charge in [0.15, 0.2) is 0 Å². The van der Waals surface area contributed by atoms with Crippen LogP contribution in [-0.4, -0.2) is 32.5 Å². The third-order valence-electron chi connectivity index (χ3n) is 5.14. The Kier molecular flexibility index (Phi) is 4.28. The summed E-state index contributed by atoms with van der Waals surface area (Å²) in [5.41, 5.74) is 1.12. The first kappa shape index (κ1) is 18.4. The quantitative estimate of drug-likeness (QED) is 0.748. The van der Waals surface area contributed by atoms with Gasteiger partial charge in [-0.1, -0.05) is 0 Å². The molecule has 146 valence electrons. The molecule has 0 atom stereocenters. The van der Waals surface area contributed by atoms with Crippen LogP contribution in [-0.2, 0) is 4.79 Å². The highest BCUT2D eigenvalue weighted by molar-refractivity contribution is 7.12. The van der Waals surface area contributed by atoms with Crippen LogP contribution in [0.1, 0.15) is 49.3 Å². The maximum absolute atomic E-state index is 13.3. The summed E-state index contributed by atoms with van der Waals surface area (Å²) in [7, 11) is 0. The molecule has 2 aliphatic carbocycles. The van der Waals surface area contributed by atoms with Gasteiger partial charge >= 0.3 is 0 Å². The predicted octanol–water partition coefficient (Wildman–Crippen LogP) is 4.52. The topological polar surface area (TPSA) is 59.8 Å². The number of carbonyl (C=O) groups is 1. The third kappa shape index (κ3) is 3.59. The molecule has 1 N–H and O–H groups in total. The molecule has 0 radical (unpaired) electrons. The van der Waals surface area contributed by atoms with Gasteiger partial charge in [0.2, 0.25) is 22.9 Å². The lowest BCUT2D eigenvalue weighted by Crippen LogP contribution is -2.37. The molecule has 2 aromatic rings. The van der Waals surface area contributed by atoms with Gasteiger partial charge in [0.25, 0.3) is 0 Å². The second-order valence-electron chi connectivity index (χ2n) is 7.43. The first-order valence-electron chi connectivity index (χ1n) is 8.68. The van der Waals surface area contributed by atoms with Gasteiger partial charge in [-0.25, -0.2) is 22.5 Å². The molecule has 1 amide bonds. The lowest BCUT2D eigenvalue weighted by atomic mass is 9.78. The summed E-state index contributed by atoms with van der Waals surface area (Å²) in [6.07, 6.45) is 0.465. The Morgan fingerprint density at radius 1 is 1.26 bits per heavy atom. The van der Waals surface area contributed by atoms with Crippen LogP contribution in [0.5, 0.6) is 0 Å². The van der Waals surface area contributed by atoms with Crippen molar-refractivity contribution in [2.24, 2.45) is 5.92 Å². The SMILES string of the molecule is Cc1c(C2CC(F)(F)C2)nn(-c2nccs2)c1NC(=O)CC1CC(F)(F)C1. The Labute approximate surface area is 156 Å². The molecule has 2 aliphatic rings. The highest BCUT2D eigenvalue weighted by atomic mass is 32.1. The molecule has 2 aromatic heterocycles. The van der Waals surface area contributed by atoms with E-state index in [2.05, 4.69) is 15.4 Å². The van der Waals surface area contributed by atoms with Crippen molar-refractivity contribution in [2.75, 3.05) is 5.32 Å². The highest BCUT2D eigenvalue weighted by Gasteiger charge is 2.48. The number of carbonyl (C=O) groups excluding carboxylic acids is 1. The number of nitrogens with one attached hydrogen (secondary N) is 1. The van der Waals surface area contributed by atoms with Crippen LogP contribution >= 0.6 is 11.3 Å². The van der Waals surface area contributed by atoms with E-state index in [1.165, 1.54) is 16.0 Å². The summed E-state index contributed by atoms with van der Waals surface area (Å²) in [6, 6.07) is 0. The molecule has 0 aliphatic heterocycles. The smallest absolute Gasteiger partial charge is 0.249 e. The molecule has 0 spiro atoms. The number of hydrogen-bond acceptors (Lipinski definition) is 4. The van der Waals surface area contributed by atoms with E-state index < -0.39 is 11.8 Å². The van der Waals surface area contributed by atoms with E-state index in [0.717, 1.165) is 0 Å². The van der Waals surface area contributed by atoms with Gasteiger partial charge < -0.3 is 5.32 Å². The molecule has 0 unspecified atom stereocenters. The number of rotatable bonds is 5. The molecular formula is C17H18F4N4OS. The average Bonchev–Trinajstić information content (AvgIpc) is 3.12. The molecule has 5 nitrogen and oxygen atoms in total. The van der Waals surface area contributed by atoms with Gasteiger partial charge in [-0.2, -0.15) is 9.78 Å². The summed E-state index contributed by atoms with van der Waals surface area (Å²) >= 11 is 1.30. The lowest BCUT2D eigenvalue weighted by Gasteiger charge is -2.34. The zero-order chi connectivity index (χ0) is 19.4. The minimum absolute atomic E-state index is 0.00505. The van der Waals surface area contributed by atoms with Gasteiger partial charge in [0, 0.05) is 55.2 Å². The average molecular weight is 402 g/mol. The maximum atomic E-state index is 13.3. The van der Waals surface area contributed by atoms with Gasteiger partial charge in [-0.3, -0.25) is 4.79 Å². The Bertz CT molecular complexity index is 849. The minimum atomic E-state index is -2.68. The zero-order valence-electron chi connectivity index (χ0n) is 14.5. The van der Waals surface area contributed by atoms with Gasteiger partial charge in [0.05, 0.1) is 5.69 Å². The van der Waals surface area contributed by atoms with Crippen molar-refractivity contribution in [2.45, 2.75) is 56.8 Å². The van der Waals surface area contributed by atoms with Crippen molar-refractivity contribution in [3.05, 3.63) is 22.8 Å². The van der Waals surface area contributed by atoms with Crippen molar-refractivity contribution in [3.8, 4) is 5.13 Å². The Balaban J connectivity index is 1.55. The van der Waals surface area contributed by atoms with Crippen molar-refractivity contribution >= 4 is 23.1 Å². The Morgan fingerprint density at radius 3 is 2.48 bits per heavy atom. The van der Waals surface area contributed by atoms with Crippen LogP contribution in [0.3, 0.4) is 0 Å². The van der Waals surface area contributed by atoms with E-state index in [-0.39, 0.29) is 49.8 Å². The van der Waals surface area contributed by atoms with E-state index in [0.29, 0.717) is 22.2 Å². The number of halogens is 4. The summed E-state index contributed by atoms with van der Waals surface area (Å²) in [5.74, 6) is -6.09. The zero-order valence-corrected chi connectivity index (χ0v) is 15.3. The third-order valence-corrected chi connectivity index (χ3v) is 5.89. The van der Waals surface area contributed by atoms with E-state index in [9.17, 15) is 22.4 Å². The van der Waals surface area contributed by atoms with E-state index in [1.807, 2.05) is 0 Å². The second kappa shape index (κ2) is 6.29. The first-order valence-corrected chi connectivity index (χ1v) is 9.56. The number of nitrogens with zero attached hydrogens (tertiary/aromatic N) is 3. The summed E-state index contributed by atoms with van der Waals surface area (Å²) in [5, 5.41) is 9.40. The molecule has 4 rings (SSSR count). The first-order chi connectivity index (χ1) is 12.6. The molecule has 0 bridgehead atoms.